The van der Waals surface area contributed by atoms with Gasteiger partial charge in [0.2, 0.25) is 0 Å². The van der Waals surface area contributed by atoms with Crippen molar-refractivity contribution in [2.75, 3.05) is 23.7 Å². The minimum atomic E-state index is -0.603. The van der Waals surface area contributed by atoms with Crippen LogP contribution in [0.1, 0.15) is 63.0 Å². The summed E-state index contributed by atoms with van der Waals surface area (Å²) in [6.45, 7) is 1.82. The van der Waals surface area contributed by atoms with Crippen molar-refractivity contribution in [1.29, 1.82) is 0 Å². The zero-order chi connectivity index (χ0) is 23.0. The number of aromatic amines is 1. The molecule has 5 fully saturated rings. The molecule has 4 aliphatic carbocycles. The summed E-state index contributed by atoms with van der Waals surface area (Å²) in [6, 6.07) is 2.25. The van der Waals surface area contributed by atoms with Crippen LogP contribution in [0.4, 0.5) is 11.6 Å². The van der Waals surface area contributed by atoms with Crippen LogP contribution in [0.2, 0.25) is 0 Å². The van der Waals surface area contributed by atoms with E-state index in [9.17, 15) is 14.7 Å². The normalized spacial score (nSPS) is 33.3. The quantitative estimate of drug-likeness (QED) is 0.510. The summed E-state index contributed by atoms with van der Waals surface area (Å²) >= 11 is 0. The summed E-state index contributed by atoms with van der Waals surface area (Å²) in [7, 11) is 0. The van der Waals surface area contributed by atoms with Gasteiger partial charge in [-0.25, -0.2) is 0 Å². The fourth-order valence-electron chi connectivity index (χ4n) is 7.88. The number of amides is 2. The van der Waals surface area contributed by atoms with Crippen LogP contribution in [0.3, 0.4) is 0 Å². The van der Waals surface area contributed by atoms with Crippen molar-refractivity contribution in [1.82, 2.24) is 19.7 Å². The van der Waals surface area contributed by atoms with E-state index in [1.807, 2.05) is 12.3 Å². The number of hydrogen-bond donors (Lipinski definition) is 4. The molecule has 0 aromatic carbocycles. The van der Waals surface area contributed by atoms with Gasteiger partial charge in [0.15, 0.2) is 5.82 Å². The van der Waals surface area contributed by atoms with Crippen LogP contribution in [-0.4, -0.2) is 55.3 Å². The molecule has 4 N–H and O–H groups in total. The minimum absolute atomic E-state index is 0.204. The first-order valence-electron chi connectivity index (χ1n) is 12.8. The Bertz CT molecular complexity index is 1150. The zero-order valence-electron chi connectivity index (χ0n) is 19.3. The second-order valence-electron chi connectivity index (χ2n) is 11.2. The maximum absolute atomic E-state index is 13.0. The van der Waals surface area contributed by atoms with Gasteiger partial charge in [-0.15, -0.1) is 0 Å². The van der Waals surface area contributed by atoms with Gasteiger partial charge >= 0.3 is 11.8 Å². The molecule has 2 aromatic rings. The number of aromatic nitrogens is 3. The number of H-pyrrole nitrogens is 1. The minimum Gasteiger partial charge on any atom is -0.390 e. The highest BCUT2D eigenvalue weighted by Crippen LogP contribution is 2.60. The van der Waals surface area contributed by atoms with Crippen LogP contribution < -0.4 is 10.6 Å². The molecule has 6 aliphatic rings. The van der Waals surface area contributed by atoms with Crippen molar-refractivity contribution in [3.05, 3.63) is 17.8 Å². The molecule has 4 heterocycles. The maximum atomic E-state index is 13.0. The number of carbonyl (C=O) groups excluding carboxylic acids is 2. The van der Waals surface area contributed by atoms with Crippen LogP contribution in [0.25, 0.3) is 11.3 Å². The molecule has 8 rings (SSSR count). The van der Waals surface area contributed by atoms with Gasteiger partial charge in [0.05, 0.1) is 17.3 Å². The first-order chi connectivity index (χ1) is 16.5. The lowest BCUT2D eigenvalue weighted by Gasteiger charge is -2.58. The summed E-state index contributed by atoms with van der Waals surface area (Å²) in [4.78, 5) is 30.7. The van der Waals surface area contributed by atoms with Crippen LogP contribution in [0.5, 0.6) is 0 Å². The number of aliphatic hydroxyl groups is 1. The van der Waals surface area contributed by atoms with Gasteiger partial charge in [-0.05, 0) is 75.2 Å². The molecule has 34 heavy (non-hydrogen) atoms. The van der Waals surface area contributed by atoms with Gasteiger partial charge in [-0.1, -0.05) is 0 Å². The highest BCUT2D eigenvalue weighted by Gasteiger charge is 2.56. The van der Waals surface area contributed by atoms with Gasteiger partial charge in [-0.2, -0.15) is 5.10 Å². The molecule has 180 valence electrons. The molecular weight excluding hydrogens is 432 g/mol. The van der Waals surface area contributed by atoms with Gasteiger partial charge in [-0.3, -0.25) is 14.3 Å². The van der Waals surface area contributed by atoms with Crippen molar-refractivity contribution < 1.29 is 14.7 Å². The fourth-order valence-corrected chi connectivity index (χ4v) is 7.88. The maximum Gasteiger partial charge on any atom is 0.315 e. The molecule has 1 saturated heterocycles. The fraction of sp³-hybridized carbons (Fsp3) is 0.640. The number of piperidine rings is 1. The van der Waals surface area contributed by atoms with Crippen molar-refractivity contribution in [3.63, 3.8) is 0 Å². The Balaban J connectivity index is 1.26. The number of hydrogen-bond acceptors (Lipinski definition) is 5. The Hall–Kier alpha value is -2.81. The van der Waals surface area contributed by atoms with Crippen LogP contribution in [0.15, 0.2) is 12.3 Å². The summed E-state index contributed by atoms with van der Waals surface area (Å²) < 4.78 is 2.14. The molecule has 2 aromatic heterocycles. The van der Waals surface area contributed by atoms with Gasteiger partial charge < -0.3 is 25.6 Å². The van der Waals surface area contributed by atoms with Gasteiger partial charge in [0, 0.05) is 37.0 Å². The number of carbonyl (C=O) groups is 2. The lowest BCUT2D eigenvalue weighted by Crippen LogP contribution is -2.55. The third kappa shape index (κ3) is 3.05. The SMILES string of the molecule is O=C(Nc1nn(C2[C@@H]3CC4C[C@H]2CC(O)(C4)C3)c2c1CNc1[nH]ccc1-2)C(=O)N1CCCCC1. The topological polar surface area (TPSA) is 115 Å². The number of nitrogens with one attached hydrogen (secondary N) is 3. The first kappa shape index (κ1) is 20.6. The smallest absolute Gasteiger partial charge is 0.315 e. The Morgan fingerprint density at radius 3 is 2.62 bits per heavy atom. The third-order valence-electron chi connectivity index (χ3n) is 9.00. The first-order valence-corrected chi connectivity index (χ1v) is 12.8. The second-order valence-corrected chi connectivity index (χ2v) is 11.2. The average Bonchev–Trinajstić information content (AvgIpc) is 3.42. The standard InChI is InChI=1S/C25H32N6O3/c32-23(24(33)30-6-2-1-3-7-30)28-22-18-13-27-21-17(4-5-26-21)20(18)31(29-22)19-15-8-14-9-16(19)12-25(34,10-14)11-15/h4-5,14-16,19,26-27,34H,1-3,6-13H2,(H,28,29,32)/t14?,15-,16+,19?,25?. The summed E-state index contributed by atoms with van der Waals surface area (Å²) in [5, 5.41) is 22.4. The average molecular weight is 465 g/mol. The molecule has 2 aliphatic heterocycles. The Morgan fingerprint density at radius 1 is 1.12 bits per heavy atom. The second kappa shape index (κ2) is 7.34. The lowest BCUT2D eigenvalue weighted by molar-refractivity contribution is -0.148. The van der Waals surface area contributed by atoms with E-state index in [1.165, 1.54) is 0 Å². The number of rotatable bonds is 2. The van der Waals surface area contributed by atoms with Crippen molar-refractivity contribution >= 4 is 23.5 Å². The van der Waals surface area contributed by atoms with Crippen molar-refractivity contribution in [2.45, 2.75) is 69.6 Å². The van der Waals surface area contributed by atoms with Crippen LogP contribution in [0, 0.1) is 17.8 Å². The van der Waals surface area contributed by atoms with E-state index in [2.05, 4.69) is 20.3 Å². The van der Waals surface area contributed by atoms with E-state index in [-0.39, 0.29) is 6.04 Å². The van der Waals surface area contributed by atoms with Crippen LogP contribution >= 0.6 is 0 Å². The van der Waals surface area contributed by atoms with Crippen molar-refractivity contribution in [3.8, 4) is 11.3 Å². The highest BCUT2D eigenvalue weighted by molar-refractivity contribution is 6.39. The Labute approximate surface area is 198 Å². The predicted molar refractivity (Wildman–Crippen MR) is 126 cm³/mol. The molecule has 4 saturated carbocycles. The number of likely N-dealkylation sites (tertiary alicyclic amines) is 1. The van der Waals surface area contributed by atoms with Crippen LogP contribution in [-0.2, 0) is 16.1 Å². The Kier molecular flexibility index (Phi) is 4.44. The molecule has 2 amide bonds. The lowest BCUT2D eigenvalue weighted by atomic mass is 9.52. The third-order valence-corrected chi connectivity index (χ3v) is 9.00. The molecule has 5 atom stereocenters. The summed E-state index contributed by atoms with van der Waals surface area (Å²) in [5.74, 6) is 1.75. The molecule has 9 heteroatoms. The van der Waals surface area contributed by atoms with E-state index in [1.54, 1.807) is 4.90 Å². The molecular formula is C25H32N6O3. The van der Waals surface area contributed by atoms with E-state index < -0.39 is 17.4 Å². The van der Waals surface area contributed by atoms with Gasteiger partial charge in [0.1, 0.15) is 5.82 Å². The van der Waals surface area contributed by atoms with Gasteiger partial charge in [0.25, 0.3) is 0 Å². The monoisotopic (exact) mass is 464 g/mol. The van der Waals surface area contributed by atoms with E-state index in [0.717, 1.165) is 74.0 Å². The van der Waals surface area contributed by atoms with Crippen molar-refractivity contribution in [2.24, 2.45) is 17.8 Å². The molecule has 4 bridgehead atoms. The number of fused-ring (bicyclic) bond motifs is 3. The number of anilines is 2. The molecule has 0 spiro atoms. The largest absolute Gasteiger partial charge is 0.390 e. The zero-order valence-corrected chi connectivity index (χ0v) is 19.3. The molecule has 9 nitrogen and oxygen atoms in total. The Morgan fingerprint density at radius 2 is 1.88 bits per heavy atom. The number of nitrogens with zero attached hydrogens (tertiary/aromatic N) is 3. The summed E-state index contributed by atoms with van der Waals surface area (Å²) in [5.41, 5.74) is 2.49. The molecule has 0 radical (unpaired) electrons. The highest BCUT2D eigenvalue weighted by atomic mass is 16.3. The summed E-state index contributed by atoms with van der Waals surface area (Å²) in [6.07, 6.45) is 9.77. The van der Waals surface area contributed by atoms with E-state index in [4.69, 9.17) is 5.10 Å². The predicted octanol–water partition coefficient (Wildman–Crippen LogP) is 2.87. The molecule has 3 unspecified atom stereocenters. The van der Waals surface area contributed by atoms with E-state index in [0.29, 0.717) is 43.2 Å². The van der Waals surface area contributed by atoms with E-state index >= 15 is 0 Å².